The molecule has 5 heteroatoms. The Labute approximate surface area is 98.6 Å². The third kappa shape index (κ3) is 2.44. The van der Waals surface area contributed by atoms with Crippen molar-refractivity contribution in [1.29, 1.82) is 0 Å². The zero-order valence-corrected chi connectivity index (χ0v) is 9.65. The molecule has 0 aliphatic heterocycles. The Kier molecular flexibility index (Phi) is 2.82. The zero-order chi connectivity index (χ0) is 12.4. The van der Waals surface area contributed by atoms with Crippen LogP contribution < -0.4 is 11.1 Å². The van der Waals surface area contributed by atoms with E-state index in [9.17, 15) is 4.79 Å². The van der Waals surface area contributed by atoms with Crippen molar-refractivity contribution in [2.75, 3.05) is 11.1 Å². The minimum absolute atomic E-state index is 0.263. The van der Waals surface area contributed by atoms with E-state index >= 15 is 0 Å². The topological polar surface area (TPSA) is 81.2 Å². The lowest BCUT2D eigenvalue weighted by Crippen LogP contribution is -2.13. The Bertz CT molecular complexity index is 561. The van der Waals surface area contributed by atoms with E-state index in [1.54, 1.807) is 31.2 Å². The standard InChI is InChI=1S/C12H13N3O2/c1-7-5-9(13)3-4-10(7)14-12(16)11-6-8(2)17-15-11/h3-6H,13H2,1-2H3,(H,14,16). The molecule has 1 amide bonds. The summed E-state index contributed by atoms with van der Waals surface area (Å²) in [7, 11) is 0. The molecule has 1 heterocycles. The van der Waals surface area contributed by atoms with Crippen LogP contribution in [0, 0.1) is 13.8 Å². The summed E-state index contributed by atoms with van der Waals surface area (Å²) < 4.78 is 4.84. The lowest BCUT2D eigenvalue weighted by molar-refractivity contribution is 0.101. The van der Waals surface area contributed by atoms with E-state index < -0.39 is 0 Å². The maximum absolute atomic E-state index is 11.8. The van der Waals surface area contributed by atoms with Crippen molar-refractivity contribution in [2.24, 2.45) is 0 Å². The number of aryl methyl sites for hydroxylation is 2. The molecular weight excluding hydrogens is 218 g/mol. The highest BCUT2D eigenvalue weighted by molar-refractivity contribution is 6.03. The highest BCUT2D eigenvalue weighted by Gasteiger charge is 2.11. The number of carbonyl (C=O) groups is 1. The number of hydrogen-bond acceptors (Lipinski definition) is 4. The van der Waals surface area contributed by atoms with Crippen LogP contribution in [0.3, 0.4) is 0 Å². The van der Waals surface area contributed by atoms with Crippen LogP contribution in [0.1, 0.15) is 21.8 Å². The number of aromatic nitrogens is 1. The molecule has 2 aromatic rings. The normalized spacial score (nSPS) is 10.2. The first kappa shape index (κ1) is 11.2. The molecular formula is C12H13N3O2. The number of nitrogens with zero attached hydrogens (tertiary/aromatic N) is 1. The summed E-state index contributed by atoms with van der Waals surface area (Å²) in [5.41, 5.74) is 8.17. The fourth-order valence-electron chi connectivity index (χ4n) is 1.49. The van der Waals surface area contributed by atoms with Gasteiger partial charge in [-0.05, 0) is 37.6 Å². The maximum Gasteiger partial charge on any atom is 0.277 e. The van der Waals surface area contributed by atoms with Crippen molar-refractivity contribution >= 4 is 17.3 Å². The summed E-state index contributed by atoms with van der Waals surface area (Å²) in [5, 5.41) is 6.40. The minimum atomic E-state index is -0.297. The summed E-state index contributed by atoms with van der Waals surface area (Å²) in [5.74, 6) is 0.305. The van der Waals surface area contributed by atoms with Crippen LogP contribution in [0.15, 0.2) is 28.8 Å². The minimum Gasteiger partial charge on any atom is -0.399 e. The summed E-state index contributed by atoms with van der Waals surface area (Å²) in [6.45, 7) is 3.61. The molecule has 17 heavy (non-hydrogen) atoms. The molecule has 0 saturated heterocycles. The van der Waals surface area contributed by atoms with E-state index in [0.717, 1.165) is 5.56 Å². The number of carbonyl (C=O) groups excluding carboxylic acids is 1. The van der Waals surface area contributed by atoms with Gasteiger partial charge in [0.1, 0.15) is 5.76 Å². The van der Waals surface area contributed by atoms with Crippen molar-refractivity contribution in [3.63, 3.8) is 0 Å². The molecule has 0 unspecified atom stereocenters. The molecule has 1 aromatic carbocycles. The van der Waals surface area contributed by atoms with Crippen molar-refractivity contribution < 1.29 is 9.32 Å². The van der Waals surface area contributed by atoms with Gasteiger partial charge in [0.15, 0.2) is 5.69 Å². The SMILES string of the molecule is Cc1cc(C(=O)Nc2ccc(N)cc2C)no1. The maximum atomic E-state index is 11.8. The Balaban J connectivity index is 2.18. The van der Waals surface area contributed by atoms with Crippen molar-refractivity contribution in [3.8, 4) is 0 Å². The molecule has 0 aliphatic carbocycles. The van der Waals surface area contributed by atoms with E-state index in [-0.39, 0.29) is 11.6 Å². The molecule has 3 N–H and O–H groups in total. The predicted octanol–water partition coefficient (Wildman–Crippen LogP) is 2.13. The molecule has 0 aliphatic rings. The number of anilines is 2. The molecule has 2 rings (SSSR count). The number of nitrogen functional groups attached to an aromatic ring is 1. The van der Waals surface area contributed by atoms with Crippen LogP contribution in [-0.2, 0) is 0 Å². The quantitative estimate of drug-likeness (QED) is 0.776. The average molecular weight is 231 g/mol. The van der Waals surface area contributed by atoms with Gasteiger partial charge in [0, 0.05) is 17.4 Å². The number of hydrogen-bond donors (Lipinski definition) is 2. The van der Waals surface area contributed by atoms with E-state index in [1.165, 1.54) is 0 Å². The van der Waals surface area contributed by atoms with Crippen molar-refractivity contribution in [1.82, 2.24) is 5.16 Å². The van der Waals surface area contributed by atoms with Crippen LogP contribution in [0.5, 0.6) is 0 Å². The molecule has 5 nitrogen and oxygen atoms in total. The van der Waals surface area contributed by atoms with Crippen molar-refractivity contribution in [3.05, 3.63) is 41.3 Å². The molecule has 0 bridgehead atoms. The van der Waals surface area contributed by atoms with Gasteiger partial charge in [-0.3, -0.25) is 4.79 Å². The molecule has 0 saturated carbocycles. The van der Waals surface area contributed by atoms with Gasteiger partial charge in [0.25, 0.3) is 5.91 Å². The van der Waals surface area contributed by atoms with E-state index in [2.05, 4.69) is 10.5 Å². The molecule has 1 aromatic heterocycles. The first-order valence-corrected chi connectivity index (χ1v) is 5.17. The first-order valence-electron chi connectivity index (χ1n) is 5.17. The van der Waals surface area contributed by atoms with Gasteiger partial charge in [-0.1, -0.05) is 5.16 Å². The Morgan fingerprint density at radius 3 is 2.71 bits per heavy atom. The summed E-state index contributed by atoms with van der Waals surface area (Å²) in [6.07, 6.45) is 0. The third-order valence-corrected chi connectivity index (χ3v) is 2.36. The second kappa shape index (κ2) is 4.29. The van der Waals surface area contributed by atoms with Gasteiger partial charge in [-0.15, -0.1) is 0 Å². The number of amides is 1. The molecule has 0 fully saturated rings. The van der Waals surface area contributed by atoms with Crippen LogP contribution in [0.4, 0.5) is 11.4 Å². The molecule has 0 atom stereocenters. The molecule has 0 radical (unpaired) electrons. The van der Waals surface area contributed by atoms with Crippen LogP contribution in [0.2, 0.25) is 0 Å². The third-order valence-electron chi connectivity index (χ3n) is 2.36. The summed E-state index contributed by atoms with van der Waals surface area (Å²) >= 11 is 0. The first-order chi connectivity index (χ1) is 8.06. The second-order valence-electron chi connectivity index (χ2n) is 3.85. The fraction of sp³-hybridized carbons (Fsp3) is 0.167. The smallest absolute Gasteiger partial charge is 0.277 e. The van der Waals surface area contributed by atoms with Gasteiger partial charge in [-0.25, -0.2) is 0 Å². The number of nitrogens with two attached hydrogens (primary N) is 1. The van der Waals surface area contributed by atoms with Crippen molar-refractivity contribution in [2.45, 2.75) is 13.8 Å². The monoisotopic (exact) mass is 231 g/mol. The Morgan fingerprint density at radius 2 is 2.12 bits per heavy atom. The predicted molar refractivity (Wildman–Crippen MR) is 64.8 cm³/mol. The summed E-state index contributed by atoms with van der Waals surface area (Å²) in [4.78, 5) is 11.8. The lowest BCUT2D eigenvalue weighted by atomic mass is 10.2. The highest BCUT2D eigenvalue weighted by Crippen LogP contribution is 2.18. The zero-order valence-electron chi connectivity index (χ0n) is 9.65. The fourth-order valence-corrected chi connectivity index (χ4v) is 1.49. The van der Waals surface area contributed by atoms with Gasteiger partial charge < -0.3 is 15.6 Å². The molecule has 0 spiro atoms. The number of rotatable bonds is 2. The number of benzene rings is 1. The van der Waals surface area contributed by atoms with Gasteiger partial charge in [-0.2, -0.15) is 0 Å². The van der Waals surface area contributed by atoms with Crippen LogP contribution >= 0.6 is 0 Å². The largest absolute Gasteiger partial charge is 0.399 e. The Hall–Kier alpha value is -2.30. The number of nitrogens with one attached hydrogen (secondary N) is 1. The van der Waals surface area contributed by atoms with Crippen LogP contribution in [-0.4, -0.2) is 11.1 Å². The van der Waals surface area contributed by atoms with Gasteiger partial charge in [0.2, 0.25) is 0 Å². The lowest BCUT2D eigenvalue weighted by Gasteiger charge is -2.07. The van der Waals surface area contributed by atoms with Crippen LogP contribution in [0.25, 0.3) is 0 Å². The second-order valence-corrected chi connectivity index (χ2v) is 3.85. The van der Waals surface area contributed by atoms with Gasteiger partial charge >= 0.3 is 0 Å². The van der Waals surface area contributed by atoms with E-state index in [4.69, 9.17) is 10.3 Å². The average Bonchev–Trinajstić information content (AvgIpc) is 2.69. The Morgan fingerprint density at radius 1 is 1.35 bits per heavy atom. The van der Waals surface area contributed by atoms with E-state index in [0.29, 0.717) is 17.1 Å². The highest BCUT2D eigenvalue weighted by atomic mass is 16.5. The summed E-state index contributed by atoms with van der Waals surface area (Å²) in [6, 6.07) is 6.87. The van der Waals surface area contributed by atoms with E-state index in [1.807, 2.05) is 6.92 Å². The van der Waals surface area contributed by atoms with Gasteiger partial charge in [0.05, 0.1) is 0 Å². The molecule has 88 valence electrons.